The van der Waals surface area contributed by atoms with Crippen molar-refractivity contribution in [3.05, 3.63) is 35.6 Å². The van der Waals surface area contributed by atoms with Crippen molar-refractivity contribution in [2.75, 3.05) is 20.2 Å². The molecule has 0 heterocycles. The molecule has 0 aliphatic carbocycles. The first kappa shape index (κ1) is 11.1. The van der Waals surface area contributed by atoms with Gasteiger partial charge in [0.25, 0.3) is 0 Å². The van der Waals surface area contributed by atoms with E-state index in [0.717, 1.165) is 5.56 Å². The first-order valence-electron chi connectivity index (χ1n) is 4.64. The average Bonchev–Trinajstić information content (AvgIpc) is 2.18. The Labute approximate surface area is 83.8 Å². The van der Waals surface area contributed by atoms with Crippen LogP contribution in [0.15, 0.2) is 24.3 Å². The third-order valence-corrected chi connectivity index (χ3v) is 2.44. The minimum atomic E-state index is -0.420. The molecule has 1 aromatic rings. The molecule has 2 nitrogen and oxygen atoms in total. The van der Waals surface area contributed by atoms with Crippen LogP contribution in [0, 0.1) is 5.82 Å². The molecule has 1 atom stereocenters. The number of nitrogens with one attached hydrogen (secondary N) is 1. The molecule has 3 heteroatoms. The smallest absolute Gasteiger partial charge is 0.123 e. The van der Waals surface area contributed by atoms with Gasteiger partial charge in [-0.25, -0.2) is 4.39 Å². The number of likely N-dealkylation sites (N-methyl/N-ethyl adjacent to an activating group) is 1. The van der Waals surface area contributed by atoms with Gasteiger partial charge >= 0.3 is 0 Å². The summed E-state index contributed by atoms with van der Waals surface area (Å²) in [6.45, 7) is 2.52. The lowest BCUT2D eigenvalue weighted by atomic mass is 9.83. The number of benzene rings is 1. The van der Waals surface area contributed by atoms with Crippen LogP contribution >= 0.6 is 0 Å². The quantitative estimate of drug-likeness (QED) is 0.762. The lowest BCUT2D eigenvalue weighted by Crippen LogP contribution is -2.37. The minimum absolute atomic E-state index is 0.00269. The topological polar surface area (TPSA) is 32.3 Å². The van der Waals surface area contributed by atoms with Crippen LogP contribution in [-0.4, -0.2) is 25.3 Å². The highest BCUT2D eigenvalue weighted by Gasteiger charge is 2.25. The maximum Gasteiger partial charge on any atom is 0.123 e. The Hall–Kier alpha value is -0.930. The predicted molar refractivity (Wildman–Crippen MR) is 54.8 cm³/mol. The fourth-order valence-electron chi connectivity index (χ4n) is 1.50. The molecule has 0 aliphatic rings. The normalized spacial score (nSPS) is 15.1. The molecule has 1 aromatic carbocycles. The first-order chi connectivity index (χ1) is 6.62. The summed E-state index contributed by atoms with van der Waals surface area (Å²) in [4.78, 5) is 0. The number of aliphatic hydroxyl groups is 1. The summed E-state index contributed by atoms with van der Waals surface area (Å²) in [6, 6.07) is 6.36. The Bertz CT molecular complexity index is 303. The molecule has 0 fully saturated rings. The Morgan fingerprint density at radius 2 is 2.21 bits per heavy atom. The van der Waals surface area contributed by atoms with E-state index in [0.29, 0.717) is 6.54 Å². The van der Waals surface area contributed by atoms with E-state index >= 15 is 0 Å². The SMILES string of the molecule is CNCC(C)(CO)c1cccc(F)c1. The summed E-state index contributed by atoms with van der Waals surface area (Å²) in [5.74, 6) is -0.265. The molecule has 1 rings (SSSR count). The van der Waals surface area contributed by atoms with Gasteiger partial charge in [0, 0.05) is 12.0 Å². The van der Waals surface area contributed by atoms with E-state index in [-0.39, 0.29) is 12.4 Å². The minimum Gasteiger partial charge on any atom is -0.395 e. The molecule has 0 bridgehead atoms. The van der Waals surface area contributed by atoms with E-state index in [2.05, 4.69) is 5.32 Å². The van der Waals surface area contributed by atoms with E-state index in [1.54, 1.807) is 6.07 Å². The lowest BCUT2D eigenvalue weighted by Gasteiger charge is -2.27. The third-order valence-electron chi connectivity index (χ3n) is 2.44. The molecule has 0 amide bonds. The van der Waals surface area contributed by atoms with E-state index < -0.39 is 5.41 Å². The zero-order chi connectivity index (χ0) is 10.6. The maximum atomic E-state index is 13.0. The zero-order valence-corrected chi connectivity index (χ0v) is 8.55. The van der Waals surface area contributed by atoms with Crippen LogP contribution in [0.5, 0.6) is 0 Å². The second-order valence-electron chi connectivity index (χ2n) is 3.76. The van der Waals surface area contributed by atoms with Gasteiger partial charge in [-0.3, -0.25) is 0 Å². The van der Waals surface area contributed by atoms with Crippen molar-refractivity contribution in [3.63, 3.8) is 0 Å². The van der Waals surface area contributed by atoms with Gasteiger partial charge in [0.2, 0.25) is 0 Å². The van der Waals surface area contributed by atoms with Crippen molar-refractivity contribution in [1.29, 1.82) is 0 Å². The molecule has 0 aromatic heterocycles. The van der Waals surface area contributed by atoms with Crippen molar-refractivity contribution >= 4 is 0 Å². The lowest BCUT2D eigenvalue weighted by molar-refractivity contribution is 0.203. The average molecular weight is 197 g/mol. The monoisotopic (exact) mass is 197 g/mol. The van der Waals surface area contributed by atoms with E-state index in [9.17, 15) is 9.50 Å². The van der Waals surface area contributed by atoms with E-state index in [4.69, 9.17) is 0 Å². The summed E-state index contributed by atoms with van der Waals surface area (Å²) >= 11 is 0. The van der Waals surface area contributed by atoms with Crippen LogP contribution in [0.3, 0.4) is 0 Å². The van der Waals surface area contributed by atoms with E-state index in [1.165, 1.54) is 12.1 Å². The predicted octanol–water partition coefficient (Wildman–Crippen LogP) is 1.30. The van der Waals surface area contributed by atoms with Gasteiger partial charge in [-0.2, -0.15) is 0 Å². The van der Waals surface area contributed by atoms with Crippen LogP contribution in [-0.2, 0) is 5.41 Å². The van der Waals surface area contributed by atoms with Crippen molar-refractivity contribution in [3.8, 4) is 0 Å². The fourth-order valence-corrected chi connectivity index (χ4v) is 1.50. The van der Waals surface area contributed by atoms with Crippen molar-refractivity contribution in [1.82, 2.24) is 5.32 Å². The Morgan fingerprint density at radius 1 is 1.50 bits per heavy atom. The summed E-state index contributed by atoms with van der Waals surface area (Å²) in [5.41, 5.74) is 0.394. The molecule has 0 spiro atoms. The van der Waals surface area contributed by atoms with Gasteiger partial charge in [0.1, 0.15) is 5.82 Å². The van der Waals surface area contributed by atoms with E-state index in [1.807, 2.05) is 20.0 Å². The van der Waals surface area contributed by atoms with Crippen LogP contribution in [0.2, 0.25) is 0 Å². The highest BCUT2D eigenvalue weighted by atomic mass is 19.1. The standard InChI is InChI=1S/C11H16FNO/c1-11(8-14,7-13-2)9-4-3-5-10(12)6-9/h3-6,13-14H,7-8H2,1-2H3. The summed E-state index contributed by atoms with van der Waals surface area (Å²) < 4.78 is 13.0. The number of hydrogen-bond donors (Lipinski definition) is 2. The highest BCUT2D eigenvalue weighted by Crippen LogP contribution is 2.22. The Kier molecular flexibility index (Phi) is 3.61. The second-order valence-corrected chi connectivity index (χ2v) is 3.76. The highest BCUT2D eigenvalue weighted by molar-refractivity contribution is 5.26. The maximum absolute atomic E-state index is 13.0. The molecule has 0 radical (unpaired) electrons. The van der Waals surface area contributed by atoms with Crippen LogP contribution in [0.4, 0.5) is 4.39 Å². The summed E-state index contributed by atoms with van der Waals surface area (Å²) in [7, 11) is 1.81. The van der Waals surface area contributed by atoms with Crippen molar-refractivity contribution in [2.45, 2.75) is 12.3 Å². The van der Waals surface area contributed by atoms with Gasteiger partial charge in [-0.1, -0.05) is 19.1 Å². The molecule has 1 unspecified atom stereocenters. The molecular formula is C11H16FNO. The second kappa shape index (κ2) is 4.53. The Morgan fingerprint density at radius 3 is 2.71 bits per heavy atom. The summed E-state index contributed by atoms with van der Waals surface area (Å²) in [5, 5.41) is 12.3. The van der Waals surface area contributed by atoms with Crippen LogP contribution in [0.25, 0.3) is 0 Å². The van der Waals surface area contributed by atoms with Crippen LogP contribution < -0.4 is 5.32 Å². The molecule has 78 valence electrons. The van der Waals surface area contributed by atoms with Gasteiger partial charge < -0.3 is 10.4 Å². The van der Waals surface area contributed by atoms with Crippen molar-refractivity contribution < 1.29 is 9.50 Å². The van der Waals surface area contributed by atoms with Gasteiger partial charge in [-0.15, -0.1) is 0 Å². The number of hydrogen-bond acceptors (Lipinski definition) is 2. The molecule has 14 heavy (non-hydrogen) atoms. The largest absolute Gasteiger partial charge is 0.395 e. The number of halogens is 1. The zero-order valence-electron chi connectivity index (χ0n) is 8.55. The Balaban J connectivity index is 2.99. The van der Waals surface area contributed by atoms with Crippen LogP contribution in [0.1, 0.15) is 12.5 Å². The summed E-state index contributed by atoms with van der Waals surface area (Å²) in [6.07, 6.45) is 0. The number of aliphatic hydroxyl groups excluding tert-OH is 1. The van der Waals surface area contributed by atoms with Gasteiger partial charge in [0.05, 0.1) is 6.61 Å². The van der Waals surface area contributed by atoms with Gasteiger partial charge in [0.15, 0.2) is 0 Å². The fraction of sp³-hybridized carbons (Fsp3) is 0.455. The number of rotatable bonds is 4. The van der Waals surface area contributed by atoms with Gasteiger partial charge in [-0.05, 0) is 24.7 Å². The molecular weight excluding hydrogens is 181 g/mol. The molecule has 0 saturated carbocycles. The first-order valence-corrected chi connectivity index (χ1v) is 4.64. The molecule has 2 N–H and O–H groups in total. The molecule has 0 aliphatic heterocycles. The third kappa shape index (κ3) is 2.30. The molecule has 0 saturated heterocycles. The van der Waals surface area contributed by atoms with Crippen molar-refractivity contribution in [2.24, 2.45) is 0 Å².